The highest BCUT2D eigenvalue weighted by molar-refractivity contribution is 5.79. The van der Waals surface area contributed by atoms with E-state index in [1.807, 2.05) is 4.90 Å². The van der Waals surface area contributed by atoms with Crippen LogP contribution in [-0.2, 0) is 4.79 Å². The minimum atomic E-state index is 0.220. The number of hydrogen-bond donors (Lipinski definition) is 1. The van der Waals surface area contributed by atoms with E-state index >= 15 is 0 Å². The van der Waals surface area contributed by atoms with Crippen molar-refractivity contribution in [2.75, 3.05) is 13.1 Å². The minimum Gasteiger partial charge on any atom is -0.338 e. The van der Waals surface area contributed by atoms with E-state index < -0.39 is 0 Å². The van der Waals surface area contributed by atoms with Gasteiger partial charge >= 0.3 is 0 Å². The molecule has 1 atom stereocenters. The molecule has 1 aliphatic heterocycles. The van der Waals surface area contributed by atoms with Crippen molar-refractivity contribution in [2.24, 2.45) is 0 Å². The van der Waals surface area contributed by atoms with Gasteiger partial charge < -0.3 is 10.2 Å². The zero-order chi connectivity index (χ0) is 8.43. The molecule has 64 valence electrons. The minimum absolute atomic E-state index is 0.220. The molecule has 1 fully saturated rings. The molecule has 1 aliphatic rings. The smallest absolute Gasteiger partial charge is 0.236 e. The third-order valence-corrected chi connectivity index (χ3v) is 2.02. The molecule has 1 heterocycles. The molecule has 1 saturated heterocycles. The number of nitrogens with one attached hydrogen (secondary N) is 1. The summed E-state index contributed by atoms with van der Waals surface area (Å²) < 4.78 is 0. The van der Waals surface area contributed by atoms with E-state index in [4.69, 9.17) is 0 Å². The lowest BCUT2D eigenvalue weighted by atomic mass is 10.2. The molecule has 3 nitrogen and oxygen atoms in total. The number of carbonyl (C=O) groups is 1. The summed E-state index contributed by atoms with van der Waals surface area (Å²) in [6.07, 6.45) is 0. The molecule has 0 aliphatic carbocycles. The summed E-state index contributed by atoms with van der Waals surface area (Å²) in [5.41, 5.74) is 0. The topological polar surface area (TPSA) is 32.3 Å². The Hall–Kier alpha value is -0.570. The molecular weight excluding hydrogens is 140 g/mol. The van der Waals surface area contributed by atoms with Crippen LogP contribution in [0.2, 0.25) is 0 Å². The van der Waals surface area contributed by atoms with Crippen LogP contribution in [0, 0.1) is 0 Å². The van der Waals surface area contributed by atoms with E-state index in [0.29, 0.717) is 18.6 Å². The molecule has 0 saturated carbocycles. The normalized spacial score (nSPS) is 26.4. The first kappa shape index (κ1) is 8.53. The van der Waals surface area contributed by atoms with Crippen LogP contribution in [0.25, 0.3) is 0 Å². The summed E-state index contributed by atoms with van der Waals surface area (Å²) >= 11 is 0. The van der Waals surface area contributed by atoms with Crippen molar-refractivity contribution in [2.45, 2.75) is 32.9 Å². The fourth-order valence-electron chi connectivity index (χ4n) is 1.32. The highest BCUT2D eigenvalue weighted by Gasteiger charge is 2.23. The fourth-order valence-corrected chi connectivity index (χ4v) is 1.32. The average Bonchev–Trinajstić information content (AvgIpc) is 1.94. The van der Waals surface area contributed by atoms with Crippen molar-refractivity contribution in [3.8, 4) is 0 Å². The van der Waals surface area contributed by atoms with Gasteiger partial charge in [0.2, 0.25) is 5.91 Å². The fraction of sp³-hybridized carbons (Fsp3) is 0.875. The van der Waals surface area contributed by atoms with Gasteiger partial charge in [0.05, 0.1) is 6.54 Å². The number of amides is 1. The standard InChI is InChI=1S/C8H16N2O/c1-6(2)10-5-7(3)9-4-8(10)11/h6-7,9H,4-5H2,1-3H3. The maximum Gasteiger partial charge on any atom is 0.236 e. The van der Waals surface area contributed by atoms with E-state index in [-0.39, 0.29) is 5.91 Å². The Balaban J connectivity index is 2.54. The van der Waals surface area contributed by atoms with Gasteiger partial charge in [0.1, 0.15) is 0 Å². The van der Waals surface area contributed by atoms with Crippen molar-refractivity contribution >= 4 is 5.91 Å². The van der Waals surface area contributed by atoms with Crippen molar-refractivity contribution in [1.82, 2.24) is 10.2 Å². The van der Waals surface area contributed by atoms with Crippen molar-refractivity contribution in [3.63, 3.8) is 0 Å². The molecule has 0 aromatic rings. The van der Waals surface area contributed by atoms with Crippen molar-refractivity contribution < 1.29 is 4.79 Å². The van der Waals surface area contributed by atoms with E-state index in [1.165, 1.54) is 0 Å². The maximum atomic E-state index is 11.2. The van der Waals surface area contributed by atoms with Crippen LogP contribution >= 0.6 is 0 Å². The quantitative estimate of drug-likeness (QED) is 0.589. The highest BCUT2D eigenvalue weighted by atomic mass is 16.2. The molecule has 1 amide bonds. The lowest BCUT2D eigenvalue weighted by Crippen LogP contribution is -2.55. The van der Waals surface area contributed by atoms with Crippen LogP contribution in [0.5, 0.6) is 0 Å². The van der Waals surface area contributed by atoms with Gasteiger partial charge in [-0.25, -0.2) is 0 Å². The number of rotatable bonds is 1. The average molecular weight is 156 g/mol. The highest BCUT2D eigenvalue weighted by Crippen LogP contribution is 2.04. The molecule has 11 heavy (non-hydrogen) atoms. The summed E-state index contributed by atoms with van der Waals surface area (Å²) in [7, 11) is 0. The number of piperazine rings is 1. The summed E-state index contributed by atoms with van der Waals surface area (Å²) in [6.45, 7) is 7.55. The Morgan fingerprint density at radius 1 is 1.64 bits per heavy atom. The van der Waals surface area contributed by atoms with Crippen LogP contribution in [0.4, 0.5) is 0 Å². The van der Waals surface area contributed by atoms with Gasteiger partial charge in [-0.15, -0.1) is 0 Å². The van der Waals surface area contributed by atoms with E-state index in [0.717, 1.165) is 6.54 Å². The van der Waals surface area contributed by atoms with Gasteiger partial charge in [-0.05, 0) is 20.8 Å². The third-order valence-electron chi connectivity index (χ3n) is 2.02. The first-order valence-corrected chi connectivity index (χ1v) is 4.14. The SMILES string of the molecule is CC1CN(C(C)C)C(=O)CN1. The van der Waals surface area contributed by atoms with Crippen LogP contribution in [0.3, 0.4) is 0 Å². The van der Waals surface area contributed by atoms with Gasteiger partial charge in [-0.2, -0.15) is 0 Å². The molecule has 0 aromatic heterocycles. The Kier molecular flexibility index (Phi) is 2.49. The predicted octanol–water partition coefficient (Wildman–Crippen LogP) is 0.215. The summed E-state index contributed by atoms with van der Waals surface area (Å²) in [5, 5.41) is 3.13. The van der Waals surface area contributed by atoms with Gasteiger partial charge in [0, 0.05) is 18.6 Å². The summed E-state index contributed by atoms with van der Waals surface area (Å²) in [5.74, 6) is 0.220. The van der Waals surface area contributed by atoms with Crippen molar-refractivity contribution in [3.05, 3.63) is 0 Å². The zero-order valence-electron chi connectivity index (χ0n) is 7.42. The molecule has 0 bridgehead atoms. The predicted molar refractivity (Wildman–Crippen MR) is 44.3 cm³/mol. The molecular formula is C8H16N2O. The monoisotopic (exact) mass is 156 g/mol. The van der Waals surface area contributed by atoms with Crippen molar-refractivity contribution in [1.29, 1.82) is 0 Å². The zero-order valence-corrected chi connectivity index (χ0v) is 7.42. The van der Waals surface area contributed by atoms with E-state index in [2.05, 4.69) is 26.1 Å². The second-order valence-electron chi connectivity index (χ2n) is 3.42. The number of nitrogens with zero attached hydrogens (tertiary/aromatic N) is 1. The van der Waals surface area contributed by atoms with Crippen LogP contribution in [0.1, 0.15) is 20.8 Å². The maximum absolute atomic E-state index is 11.2. The van der Waals surface area contributed by atoms with Crippen LogP contribution < -0.4 is 5.32 Å². The lowest BCUT2D eigenvalue weighted by molar-refractivity contribution is -0.134. The summed E-state index contributed by atoms with van der Waals surface area (Å²) in [4.78, 5) is 13.2. The molecule has 3 heteroatoms. The first-order chi connectivity index (χ1) is 5.11. The third kappa shape index (κ3) is 1.93. The van der Waals surface area contributed by atoms with E-state index in [9.17, 15) is 4.79 Å². The molecule has 0 spiro atoms. The molecule has 0 radical (unpaired) electrons. The second-order valence-corrected chi connectivity index (χ2v) is 3.42. The van der Waals surface area contributed by atoms with E-state index in [1.54, 1.807) is 0 Å². The van der Waals surface area contributed by atoms with Gasteiger partial charge in [0.25, 0.3) is 0 Å². The Bertz CT molecular complexity index is 156. The second kappa shape index (κ2) is 3.22. The van der Waals surface area contributed by atoms with Crippen LogP contribution in [0.15, 0.2) is 0 Å². The Morgan fingerprint density at radius 2 is 2.27 bits per heavy atom. The van der Waals surface area contributed by atoms with Gasteiger partial charge in [-0.3, -0.25) is 4.79 Å². The molecule has 0 aromatic carbocycles. The Labute approximate surface area is 67.8 Å². The number of carbonyl (C=O) groups excluding carboxylic acids is 1. The Morgan fingerprint density at radius 3 is 2.73 bits per heavy atom. The first-order valence-electron chi connectivity index (χ1n) is 4.14. The van der Waals surface area contributed by atoms with Gasteiger partial charge in [0.15, 0.2) is 0 Å². The molecule has 1 rings (SSSR count). The summed E-state index contributed by atoms with van der Waals surface area (Å²) in [6, 6.07) is 0.780. The number of hydrogen-bond acceptors (Lipinski definition) is 2. The largest absolute Gasteiger partial charge is 0.338 e. The lowest BCUT2D eigenvalue weighted by Gasteiger charge is -2.34. The molecule has 1 N–H and O–H groups in total. The molecule has 1 unspecified atom stereocenters. The van der Waals surface area contributed by atoms with Gasteiger partial charge in [-0.1, -0.05) is 0 Å². The van der Waals surface area contributed by atoms with Crippen LogP contribution in [-0.4, -0.2) is 36.0 Å².